The Hall–Kier alpha value is -1.33. The van der Waals surface area contributed by atoms with Gasteiger partial charge in [-0.3, -0.25) is 10.1 Å². The quantitative estimate of drug-likeness (QED) is 0.670. The number of piperidine rings is 1. The summed E-state index contributed by atoms with van der Waals surface area (Å²) in [4.78, 5) is 12.5. The first-order chi connectivity index (χ1) is 9.61. The Morgan fingerprint density at radius 3 is 2.70 bits per heavy atom. The van der Waals surface area contributed by atoms with Gasteiger partial charge >= 0.3 is 0 Å². The number of anilines is 1. The first-order valence-corrected chi connectivity index (χ1v) is 7.39. The lowest BCUT2D eigenvalue weighted by molar-refractivity contribution is -0.384. The number of non-ortho nitro benzene ring substituents is 1. The molecule has 0 atom stereocenters. The molecule has 5 nitrogen and oxygen atoms in total. The van der Waals surface area contributed by atoms with Crippen molar-refractivity contribution < 1.29 is 4.92 Å². The Kier molecular flexibility index (Phi) is 5.20. The van der Waals surface area contributed by atoms with Crippen LogP contribution in [-0.4, -0.2) is 31.1 Å². The van der Waals surface area contributed by atoms with E-state index in [-0.39, 0.29) is 5.69 Å². The molecule has 1 aliphatic heterocycles. The molecular formula is C14H20ClN3O2. The minimum Gasteiger partial charge on any atom is -0.370 e. The van der Waals surface area contributed by atoms with Gasteiger partial charge in [0.2, 0.25) is 0 Å². The van der Waals surface area contributed by atoms with E-state index in [1.54, 1.807) is 6.07 Å². The van der Waals surface area contributed by atoms with Crippen LogP contribution in [-0.2, 0) is 0 Å². The Balaban J connectivity index is 2.12. The number of nitro benzene ring substituents is 1. The summed E-state index contributed by atoms with van der Waals surface area (Å²) in [6, 6.07) is 4.71. The van der Waals surface area contributed by atoms with E-state index >= 15 is 0 Å². The van der Waals surface area contributed by atoms with Crippen LogP contribution in [0.4, 0.5) is 11.4 Å². The molecule has 0 amide bonds. The molecule has 0 aromatic heterocycles. The molecule has 1 aliphatic rings. The van der Waals surface area contributed by atoms with Gasteiger partial charge in [-0.25, -0.2) is 0 Å². The van der Waals surface area contributed by atoms with E-state index in [2.05, 4.69) is 17.1 Å². The van der Waals surface area contributed by atoms with Crippen molar-refractivity contribution in [2.45, 2.75) is 19.8 Å². The zero-order chi connectivity index (χ0) is 14.5. The topological polar surface area (TPSA) is 58.4 Å². The first kappa shape index (κ1) is 15.1. The average molecular weight is 298 g/mol. The van der Waals surface area contributed by atoms with Crippen LogP contribution in [0.2, 0.25) is 5.02 Å². The van der Waals surface area contributed by atoms with E-state index in [0.29, 0.717) is 10.9 Å². The number of hydrogen-bond acceptors (Lipinski definition) is 4. The highest BCUT2D eigenvalue weighted by molar-refractivity contribution is 6.33. The normalized spacial score (nSPS) is 16.1. The Morgan fingerprint density at radius 1 is 1.45 bits per heavy atom. The molecule has 0 bridgehead atoms. The lowest BCUT2D eigenvalue weighted by Gasteiger charge is -2.31. The van der Waals surface area contributed by atoms with Gasteiger partial charge in [-0.15, -0.1) is 0 Å². The van der Waals surface area contributed by atoms with Crippen molar-refractivity contribution in [2.75, 3.05) is 31.1 Å². The maximum Gasteiger partial charge on any atom is 0.271 e. The largest absolute Gasteiger partial charge is 0.370 e. The van der Waals surface area contributed by atoms with Gasteiger partial charge in [-0.2, -0.15) is 0 Å². The Bertz CT molecular complexity index is 475. The van der Waals surface area contributed by atoms with Gasteiger partial charge in [-0.05, 0) is 44.8 Å². The van der Waals surface area contributed by atoms with Gasteiger partial charge in [-0.1, -0.05) is 11.6 Å². The highest BCUT2D eigenvalue weighted by Gasteiger charge is 2.19. The molecule has 20 heavy (non-hydrogen) atoms. The van der Waals surface area contributed by atoms with Crippen LogP contribution in [0.25, 0.3) is 0 Å². The van der Waals surface area contributed by atoms with Gasteiger partial charge in [0.05, 0.1) is 15.6 Å². The first-order valence-electron chi connectivity index (χ1n) is 7.01. The van der Waals surface area contributed by atoms with Gasteiger partial charge in [0.1, 0.15) is 0 Å². The number of rotatable bonds is 5. The molecule has 110 valence electrons. The summed E-state index contributed by atoms with van der Waals surface area (Å²) >= 11 is 6.21. The molecule has 0 spiro atoms. The molecule has 2 rings (SSSR count). The van der Waals surface area contributed by atoms with Crippen molar-refractivity contribution in [2.24, 2.45) is 5.92 Å². The third-order valence-corrected chi connectivity index (χ3v) is 4.10. The summed E-state index contributed by atoms with van der Waals surface area (Å²) in [5.74, 6) is 0.655. The number of nitrogens with zero attached hydrogens (tertiary/aromatic N) is 2. The third kappa shape index (κ3) is 3.61. The molecule has 1 N–H and O–H groups in total. The highest BCUT2D eigenvalue weighted by Crippen LogP contribution is 2.30. The predicted molar refractivity (Wildman–Crippen MR) is 81.6 cm³/mol. The van der Waals surface area contributed by atoms with Gasteiger partial charge in [0, 0.05) is 25.2 Å². The maximum atomic E-state index is 10.7. The van der Waals surface area contributed by atoms with Crippen molar-refractivity contribution in [3.05, 3.63) is 33.3 Å². The monoisotopic (exact) mass is 297 g/mol. The molecule has 1 heterocycles. The number of benzene rings is 1. The fourth-order valence-electron chi connectivity index (χ4n) is 2.64. The van der Waals surface area contributed by atoms with E-state index in [1.165, 1.54) is 25.0 Å². The van der Waals surface area contributed by atoms with Crippen molar-refractivity contribution in [1.29, 1.82) is 0 Å². The second kappa shape index (κ2) is 6.90. The smallest absolute Gasteiger partial charge is 0.271 e. The Morgan fingerprint density at radius 2 is 2.15 bits per heavy atom. The molecule has 1 aromatic carbocycles. The highest BCUT2D eigenvalue weighted by atomic mass is 35.5. The molecule has 0 radical (unpaired) electrons. The standard InChI is InChI=1S/C14H20ClN3O2/c1-2-17(10-11-5-7-16-8-6-11)14-4-3-12(18(19)20)9-13(14)15/h3-4,9,11,16H,2,5-8,10H2,1H3. The van der Waals surface area contributed by atoms with E-state index in [9.17, 15) is 10.1 Å². The van der Waals surface area contributed by atoms with E-state index in [0.717, 1.165) is 31.9 Å². The Labute approximate surface area is 124 Å². The fraction of sp³-hybridized carbons (Fsp3) is 0.571. The maximum absolute atomic E-state index is 10.7. The third-order valence-electron chi connectivity index (χ3n) is 3.80. The fourth-order valence-corrected chi connectivity index (χ4v) is 2.93. The molecule has 1 saturated heterocycles. The average Bonchev–Trinajstić information content (AvgIpc) is 2.46. The van der Waals surface area contributed by atoms with Crippen molar-refractivity contribution in [1.82, 2.24) is 5.32 Å². The lowest BCUT2D eigenvalue weighted by Crippen LogP contribution is -2.36. The molecule has 6 heteroatoms. The van der Waals surface area contributed by atoms with Crippen molar-refractivity contribution >= 4 is 23.0 Å². The summed E-state index contributed by atoms with van der Waals surface area (Å²) in [7, 11) is 0. The molecule has 0 saturated carbocycles. The van der Waals surface area contributed by atoms with Crippen LogP contribution in [0.3, 0.4) is 0 Å². The molecule has 0 aliphatic carbocycles. The number of nitrogens with one attached hydrogen (secondary N) is 1. The lowest BCUT2D eigenvalue weighted by atomic mass is 9.97. The summed E-state index contributed by atoms with van der Waals surface area (Å²) in [5, 5.41) is 14.6. The van der Waals surface area contributed by atoms with E-state index < -0.39 is 4.92 Å². The van der Waals surface area contributed by atoms with Crippen LogP contribution in [0, 0.1) is 16.0 Å². The number of halogens is 1. The van der Waals surface area contributed by atoms with Crippen LogP contribution in [0.15, 0.2) is 18.2 Å². The minimum absolute atomic E-state index is 0.0386. The zero-order valence-electron chi connectivity index (χ0n) is 11.6. The summed E-state index contributed by atoms with van der Waals surface area (Å²) in [6.07, 6.45) is 2.34. The second-order valence-corrected chi connectivity index (χ2v) is 5.53. The SMILES string of the molecule is CCN(CC1CCNCC1)c1ccc([N+](=O)[O-])cc1Cl. The van der Waals surface area contributed by atoms with Crippen LogP contribution < -0.4 is 10.2 Å². The van der Waals surface area contributed by atoms with Crippen LogP contribution in [0.1, 0.15) is 19.8 Å². The van der Waals surface area contributed by atoms with E-state index in [4.69, 9.17) is 11.6 Å². The second-order valence-electron chi connectivity index (χ2n) is 5.12. The summed E-state index contributed by atoms with van der Waals surface area (Å²) < 4.78 is 0. The molecule has 0 unspecified atom stereocenters. The molecule has 1 fully saturated rings. The van der Waals surface area contributed by atoms with Crippen LogP contribution in [0.5, 0.6) is 0 Å². The van der Waals surface area contributed by atoms with Gasteiger partial charge < -0.3 is 10.2 Å². The number of hydrogen-bond donors (Lipinski definition) is 1. The van der Waals surface area contributed by atoms with Crippen molar-refractivity contribution in [3.63, 3.8) is 0 Å². The summed E-state index contributed by atoms with van der Waals surface area (Å²) in [6.45, 7) is 6.02. The molecule has 1 aromatic rings. The minimum atomic E-state index is -0.418. The summed E-state index contributed by atoms with van der Waals surface area (Å²) in [5.41, 5.74) is 0.926. The van der Waals surface area contributed by atoms with Crippen LogP contribution >= 0.6 is 11.6 Å². The van der Waals surface area contributed by atoms with E-state index in [1.807, 2.05) is 0 Å². The van der Waals surface area contributed by atoms with Gasteiger partial charge in [0.25, 0.3) is 5.69 Å². The number of nitro groups is 1. The molecular weight excluding hydrogens is 278 g/mol. The van der Waals surface area contributed by atoms with Gasteiger partial charge in [0.15, 0.2) is 0 Å². The van der Waals surface area contributed by atoms with Crippen molar-refractivity contribution in [3.8, 4) is 0 Å². The predicted octanol–water partition coefficient (Wildman–Crippen LogP) is 3.07. The zero-order valence-corrected chi connectivity index (χ0v) is 12.4.